The third kappa shape index (κ3) is 3.80. The van der Waals surface area contributed by atoms with Crippen molar-refractivity contribution >= 4 is 72.3 Å². The minimum absolute atomic E-state index is 0.601. The van der Waals surface area contributed by atoms with Crippen LogP contribution in [0.1, 0.15) is 20.3 Å². The van der Waals surface area contributed by atoms with E-state index in [1.54, 1.807) is 0 Å². The highest BCUT2D eigenvalue weighted by Crippen LogP contribution is 2.52. The van der Waals surface area contributed by atoms with Gasteiger partial charge in [0.25, 0.3) is 0 Å². The third-order valence-corrected chi connectivity index (χ3v) is 11.5. The standard InChI is InChI=1S/C14H18S6/c15-5-11-7-17-13(19-11)9-2-1-3-10(4-9)14-18-8-12(6-16)20-14/h1-4,11-16H,5-8H2. The molecule has 2 heterocycles. The van der Waals surface area contributed by atoms with Crippen molar-refractivity contribution in [1.82, 2.24) is 0 Å². The van der Waals surface area contributed by atoms with Gasteiger partial charge in [0.05, 0.1) is 9.16 Å². The van der Waals surface area contributed by atoms with E-state index in [1.807, 2.05) is 0 Å². The van der Waals surface area contributed by atoms with Crippen molar-refractivity contribution in [3.8, 4) is 0 Å². The molecule has 2 aliphatic heterocycles. The zero-order valence-electron chi connectivity index (χ0n) is 11.0. The summed E-state index contributed by atoms with van der Waals surface area (Å²) in [5.41, 5.74) is 2.97. The predicted molar refractivity (Wildman–Crippen MR) is 107 cm³/mol. The van der Waals surface area contributed by atoms with Crippen molar-refractivity contribution in [2.24, 2.45) is 0 Å². The molecule has 0 radical (unpaired) electrons. The zero-order valence-corrected chi connectivity index (χ0v) is 16.0. The van der Waals surface area contributed by atoms with Crippen LogP contribution in [0.15, 0.2) is 24.3 Å². The molecule has 0 saturated carbocycles. The normalized spacial score (nSPS) is 33.7. The summed E-state index contributed by atoms with van der Waals surface area (Å²) < 4.78 is 1.20. The van der Waals surface area contributed by atoms with E-state index in [0.717, 1.165) is 11.5 Å². The Morgan fingerprint density at radius 2 is 1.40 bits per heavy atom. The van der Waals surface area contributed by atoms with E-state index in [4.69, 9.17) is 0 Å². The van der Waals surface area contributed by atoms with Gasteiger partial charge in [-0.1, -0.05) is 24.3 Å². The van der Waals surface area contributed by atoms with E-state index in [9.17, 15) is 0 Å². The van der Waals surface area contributed by atoms with Gasteiger partial charge < -0.3 is 0 Å². The van der Waals surface area contributed by atoms with Crippen LogP contribution in [0.4, 0.5) is 0 Å². The van der Waals surface area contributed by atoms with Gasteiger partial charge in [-0.25, -0.2) is 0 Å². The second-order valence-electron chi connectivity index (χ2n) is 4.88. The Labute approximate surface area is 149 Å². The highest BCUT2D eigenvalue weighted by atomic mass is 32.2. The van der Waals surface area contributed by atoms with Crippen LogP contribution in [0.25, 0.3) is 0 Å². The molecule has 0 bridgehead atoms. The van der Waals surface area contributed by atoms with Crippen LogP contribution >= 0.6 is 72.3 Å². The van der Waals surface area contributed by atoms with Crippen LogP contribution in [0.5, 0.6) is 0 Å². The molecule has 110 valence electrons. The van der Waals surface area contributed by atoms with Crippen molar-refractivity contribution in [3.05, 3.63) is 35.4 Å². The van der Waals surface area contributed by atoms with Crippen molar-refractivity contribution in [1.29, 1.82) is 0 Å². The quantitative estimate of drug-likeness (QED) is 0.687. The molecule has 0 nitrogen and oxygen atoms in total. The first-order chi connectivity index (χ1) is 9.80. The SMILES string of the molecule is SCC1CSC(c2cccc(C3SCC(CS)S3)c2)S1. The number of thioether (sulfide) groups is 4. The van der Waals surface area contributed by atoms with Crippen LogP contribution in [-0.2, 0) is 0 Å². The molecule has 0 aromatic heterocycles. The van der Waals surface area contributed by atoms with Crippen LogP contribution in [0.3, 0.4) is 0 Å². The first-order valence-corrected chi connectivity index (χ1v) is 11.9. The topological polar surface area (TPSA) is 0 Å². The fourth-order valence-corrected chi connectivity index (χ4v) is 9.73. The van der Waals surface area contributed by atoms with Crippen LogP contribution in [-0.4, -0.2) is 33.5 Å². The van der Waals surface area contributed by atoms with Gasteiger partial charge in [-0.3, -0.25) is 0 Å². The Hall–Kier alpha value is 1.32. The van der Waals surface area contributed by atoms with E-state index < -0.39 is 0 Å². The van der Waals surface area contributed by atoms with Gasteiger partial charge in [0, 0.05) is 33.5 Å². The average Bonchev–Trinajstić information content (AvgIpc) is 3.16. The molecule has 0 N–H and O–H groups in total. The summed E-state index contributed by atoms with van der Waals surface area (Å²) in [5, 5.41) is 1.42. The second kappa shape index (κ2) is 7.73. The number of hydrogen-bond donors (Lipinski definition) is 2. The second-order valence-corrected chi connectivity index (χ2v) is 11.3. The molecule has 20 heavy (non-hydrogen) atoms. The number of thiol groups is 2. The Balaban J connectivity index is 1.70. The lowest BCUT2D eigenvalue weighted by Gasteiger charge is -2.14. The van der Waals surface area contributed by atoms with Crippen LogP contribution < -0.4 is 0 Å². The predicted octanol–water partition coefficient (Wildman–Crippen LogP) is 5.24. The van der Waals surface area contributed by atoms with Gasteiger partial charge in [0.2, 0.25) is 0 Å². The minimum Gasteiger partial charge on any atom is -0.178 e. The van der Waals surface area contributed by atoms with Gasteiger partial charge in [0.1, 0.15) is 0 Å². The van der Waals surface area contributed by atoms with E-state index in [0.29, 0.717) is 19.7 Å². The molecule has 2 fully saturated rings. The molecular weight excluding hydrogens is 361 g/mol. The van der Waals surface area contributed by atoms with Crippen LogP contribution in [0, 0.1) is 0 Å². The summed E-state index contributed by atoms with van der Waals surface area (Å²) in [5.74, 6) is 4.45. The molecule has 4 atom stereocenters. The Kier molecular flexibility index (Phi) is 6.26. The smallest absolute Gasteiger partial charge is 0.0755 e. The first kappa shape index (κ1) is 16.2. The maximum Gasteiger partial charge on any atom is 0.0755 e. The van der Waals surface area contributed by atoms with E-state index in [2.05, 4.69) is 96.6 Å². The molecular formula is C14H18S6. The van der Waals surface area contributed by atoms with Gasteiger partial charge >= 0.3 is 0 Å². The maximum absolute atomic E-state index is 4.43. The molecule has 1 aromatic rings. The molecule has 0 amide bonds. The molecule has 2 saturated heterocycles. The molecule has 0 aliphatic carbocycles. The monoisotopic (exact) mass is 378 g/mol. The third-order valence-electron chi connectivity index (χ3n) is 3.36. The first-order valence-electron chi connectivity index (χ1n) is 6.66. The van der Waals surface area contributed by atoms with Gasteiger partial charge in [-0.05, 0) is 11.1 Å². The van der Waals surface area contributed by atoms with Crippen molar-refractivity contribution < 1.29 is 0 Å². The fourth-order valence-electron chi connectivity index (χ4n) is 2.29. The Morgan fingerprint density at radius 1 is 0.900 bits per heavy atom. The largest absolute Gasteiger partial charge is 0.178 e. The Bertz CT molecular complexity index is 414. The summed E-state index contributed by atoms with van der Waals surface area (Å²) in [6.45, 7) is 0. The summed E-state index contributed by atoms with van der Waals surface area (Å²) >= 11 is 17.2. The molecule has 6 heteroatoms. The molecule has 0 spiro atoms. The lowest BCUT2D eigenvalue weighted by atomic mass is 10.1. The van der Waals surface area contributed by atoms with Gasteiger partial charge in [0.15, 0.2) is 0 Å². The number of rotatable bonds is 4. The summed E-state index contributed by atoms with van der Waals surface area (Å²) in [7, 11) is 0. The summed E-state index contributed by atoms with van der Waals surface area (Å²) in [6.07, 6.45) is 0. The van der Waals surface area contributed by atoms with E-state index in [1.165, 1.54) is 22.6 Å². The number of hydrogen-bond acceptors (Lipinski definition) is 6. The van der Waals surface area contributed by atoms with Gasteiger partial charge in [-0.2, -0.15) is 25.3 Å². The average molecular weight is 379 g/mol. The Morgan fingerprint density at radius 3 is 1.80 bits per heavy atom. The molecule has 1 aromatic carbocycles. The molecule has 2 aliphatic rings. The van der Waals surface area contributed by atoms with Crippen LogP contribution in [0.2, 0.25) is 0 Å². The van der Waals surface area contributed by atoms with Gasteiger partial charge in [-0.15, -0.1) is 47.0 Å². The molecule has 3 rings (SSSR count). The van der Waals surface area contributed by atoms with Crippen molar-refractivity contribution in [2.45, 2.75) is 19.7 Å². The van der Waals surface area contributed by atoms with E-state index in [-0.39, 0.29) is 0 Å². The zero-order chi connectivity index (χ0) is 13.9. The highest BCUT2D eigenvalue weighted by Gasteiger charge is 2.29. The van der Waals surface area contributed by atoms with E-state index >= 15 is 0 Å². The maximum atomic E-state index is 4.43. The number of benzene rings is 1. The highest BCUT2D eigenvalue weighted by molar-refractivity contribution is 8.20. The molecule has 4 unspecified atom stereocenters. The fraction of sp³-hybridized carbons (Fsp3) is 0.571. The van der Waals surface area contributed by atoms with Crippen molar-refractivity contribution in [3.63, 3.8) is 0 Å². The lowest BCUT2D eigenvalue weighted by molar-refractivity contribution is 1.17. The summed E-state index contributed by atoms with van der Waals surface area (Å²) in [6, 6.07) is 9.23. The van der Waals surface area contributed by atoms with Crippen molar-refractivity contribution in [2.75, 3.05) is 23.0 Å². The summed E-state index contributed by atoms with van der Waals surface area (Å²) in [4.78, 5) is 0. The minimum atomic E-state index is 0.601. The lowest BCUT2D eigenvalue weighted by Crippen LogP contribution is -2.01.